The molecule has 0 heterocycles. The Morgan fingerprint density at radius 3 is 2.00 bits per heavy atom. The van der Waals surface area contributed by atoms with Crippen molar-refractivity contribution >= 4 is 27.4 Å². The third kappa shape index (κ3) is 9.28. The maximum Gasteiger partial charge on any atom is 0.619 e. The van der Waals surface area contributed by atoms with Crippen molar-refractivity contribution in [1.29, 1.82) is 0 Å². The van der Waals surface area contributed by atoms with Crippen LogP contribution < -0.4 is 0 Å². The number of ether oxygens (including phenoxy) is 1. The Balaban J connectivity index is 4.14. The monoisotopic (exact) mass is 304 g/mol. The third-order valence-corrected chi connectivity index (χ3v) is 3.71. The SMILES string of the molecule is C=C(C)C(=O)OCCC(C)O[SiH](OC(C)=O)OC(C)=O. The Labute approximate surface area is 119 Å². The Bertz CT molecular complexity index is 364. The minimum Gasteiger partial charge on any atom is -0.467 e. The Morgan fingerprint density at radius 2 is 1.60 bits per heavy atom. The first kappa shape index (κ1) is 18.3. The predicted octanol–water partition coefficient (Wildman–Crippen LogP) is 0.744. The predicted molar refractivity (Wildman–Crippen MR) is 71.6 cm³/mol. The largest absolute Gasteiger partial charge is 0.619 e. The molecule has 0 fully saturated rings. The Morgan fingerprint density at radius 1 is 1.10 bits per heavy atom. The summed E-state index contributed by atoms with van der Waals surface area (Å²) < 4.78 is 19.9. The molecule has 7 nitrogen and oxygen atoms in total. The molecule has 0 radical (unpaired) electrons. The molecule has 0 saturated carbocycles. The molecule has 0 aliphatic heterocycles. The Kier molecular flexibility index (Phi) is 8.49. The van der Waals surface area contributed by atoms with E-state index >= 15 is 0 Å². The van der Waals surface area contributed by atoms with Crippen molar-refractivity contribution in [3.05, 3.63) is 12.2 Å². The molecule has 1 atom stereocenters. The fourth-order valence-corrected chi connectivity index (χ4v) is 2.27. The molecule has 0 saturated heterocycles. The average Bonchev–Trinajstić information content (AvgIpc) is 2.26. The van der Waals surface area contributed by atoms with Crippen LogP contribution in [0.3, 0.4) is 0 Å². The van der Waals surface area contributed by atoms with Crippen molar-refractivity contribution in [2.75, 3.05) is 6.61 Å². The molecular formula is C12H20O7Si. The first-order valence-electron chi connectivity index (χ1n) is 6.05. The number of carbonyl (C=O) groups is 3. The van der Waals surface area contributed by atoms with E-state index in [9.17, 15) is 14.4 Å². The molecule has 0 aromatic rings. The first-order chi connectivity index (χ1) is 9.22. The van der Waals surface area contributed by atoms with E-state index in [1.807, 2.05) is 0 Å². The van der Waals surface area contributed by atoms with Gasteiger partial charge in [0, 0.05) is 25.8 Å². The van der Waals surface area contributed by atoms with E-state index < -0.39 is 27.4 Å². The molecule has 0 aromatic heterocycles. The summed E-state index contributed by atoms with van der Waals surface area (Å²) in [5.41, 5.74) is 0.311. The molecule has 0 N–H and O–H groups in total. The molecule has 114 valence electrons. The molecule has 0 aromatic carbocycles. The van der Waals surface area contributed by atoms with Gasteiger partial charge in [-0.2, -0.15) is 0 Å². The van der Waals surface area contributed by atoms with Gasteiger partial charge in [-0.05, 0) is 13.8 Å². The van der Waals surface area contributed by atoms with Gasteiger partial charge in [0.25, 0.3) is 11.9 Å². The van der Waals surface area contributed by atoms with Gasteiger partial charge in [0.05, 0.1) is 12.7 Å². The second-order valence-corrected chi connectivity index (χ2v) is 5.48. The molecule has 0 rings (SSSR count). The molecular weight excluding hydrogens is 284 g/mol. The fourth-order valence-electron chi connectivity index (χ4n) is 1.05. The van der Waals surface area contributed by atoms with Gasteiger partial charge < -0.3 is 18.0 Å². The van der Waals surface area contributed by atoms with Crippen LogP contribution in [0.1, 0.15) is 34.1 Å². The summed E-state index contributed by atoms with van der Waals surface area (Å²) in [6.45, 7) is 9.23. The minimum absolute atomic E-state index is 0.133. The maximum absolute atomic E-state index is 11.1. The van der Waals surface area contributed by atoms with Crippen LogP contribution in [0, 0.1) is 0 Å². The zero-order chi connectivity index (χ0) is 15.7. The van der Waals surface area contributed by atoms with Crippen molar-refractivity contribution in [1.82, 2.24) is 0 Å². The highest BCUT2D eigenvalue weighted by Gasteiger charge is 2.25. The van der Waals surface area contributed by atoms with Crippen LogP contribution in [0.4, 0.5) is 0 Å². The number of carbonyl (C=O) groups excluding carboxylic acids is 3. The van der Waals surface area contributed by atoms with Gasteiger partial charge in [0.15, 0.2) is 0 Å². The quantitative estimate of drug-likeness (QED) is 0.371. The van der Waals surface area contributed by atoms with Gasteiger partial charge in [-0.3, -0.25) is 9.59 Å². The van der Waals surface area contributed by atoms with Crippen LogP contribution in [-0.4, -0.2) is 40.1 Å². The molecule has 0 aliphatic rings. The smallest absolute Gasteiger partial charge is 0.467 e. The Hall–Kier alpha value is -1.67. The van der Waals surface area contributed by atoms with Gasteiger partial charge in [0.1, 0.15) is 0 Å². The molecule has 0 spiro atoms. The molecule has 0 amide bonds. The normalized spacial score (nSPS) is 11.7. The molecule has 0 bridgehead atoms. The van der Waals surface area contributed by atoms with E-state index in [4.69, 9.17) is 18.0 Å². The van der Waals surface area contributed by atoms with Gasteiger partial charge in [-0.1, -0.05) is 6.58 Å². The fraction of sp³-hybridized carbons (Fsp3) is 0.583. The van der Waals surface area contributed by atoms with Gasteiger partial charge in [-0.15, -0.1) is 0 Å². The van der Waals surface area contributed by atoms with Crippen LogP contribution in [-0.2, 0) is 32.4 Å². The van der Waals surface area contributed by atoms with Crippen molar-refractivity contribution in [2.24, 2.45) is 0 Å². The van der Waals surface area contributed by atoms with E-state index in [1.165, 1.54) is 13.8 Å². The van der Waals surface area contributed by atoms with Crippen LogP contribution in [0.2, 0.25) is 0 Å². The summed E-state index contributed by atoms with van der Waals surface area (Å²) in [6.07, 6.45) is -0.00583. The highest BCUT2D eigenvalue weighted by molar-refractivity contribution is 6.41. The topological polar surface area (TPSA) is 88.1 Å². The van der Waals surface area contributed by atoms with Crippen molar-refractivity contribution in [3.8, 4) is 0 Å². The highest BCUT2D eigenvalue weighted by Crippen LogP contribution is 2.05. The number of rotatable bonds is 8. The second-order valence-electron chi connectivity index (χ2n) is 4.16. The minimum atomic E-state index is -2.85. The van der Waals surface area contributed by atoms with Crippen LogP contribution in [0.15, 0.2) is 12.2 Å². The van der Waals surface area contributed by atoms with Crippen LogP contribution in [0.5, 0.6) is 0 Å². The number of hydrogen-bond acceptors (Lipinski definition) is 7. The lowest BCUT2D eigenvalue weighted by molar-refractivity contribution is -0.141. The second kappa shape index (κ2) is 9.27. The summed E-state index contributed by atoms with van der Waals surface area (Å²) in [5, 5.41) is 0. The zero-order valence-electron chi connectivity index (χ0n) is 12.1. The summed E-state index contributed by atoms with van der Waals surface area (Å²) >= 11 is 0. The molecule has 20 heavy (non-hydrogen) atoms. The van der Waals surface area contributed by atoms with E-state index in [-0.39, 0.29) is 12.7 Å². The third-order valence-electron chi connectivity index (χ3n) is 1.97. The maximum atomic E-state index is 11.1. The number of esters is 1. The number of hydrogen-bond donors (Lipinski definition) is 0. The van der Waals surface area contributed by atoms with Gasteiger partial charge in [0.2, 0.25) is 0 Å². The van der Waals surface area contributed by atoms with Crippen LogP contribution in [0.25, 0.3) is 0 Å². The summed E-state index contributed by atoms with van der Waals surface area (Å²) in [5.74, 6) is -1.64. The summed E-state index contributed by atoms with van der Waals surface area (Å²) in [4.78, 5) is 32.9. The zero-order valence-corrected chi connectivity index (χ0v) is 13.3. The highest BCUT2D eigenvalue weighted by atomic mass is 28.3. The molecule has 1 unspecified atom stereocenters. The summed E-state index contributed by atoms with van der Waals surface area (Å²) in [7, 11) is -2.85. The standard InChI is InChI=1S/C12H20O7Si/c1-8(2)12(15)16-7-6-9(3)17-20(18-10(4)13)19-11(5)14/h9,20H,1,6-7H2,2-5H3. The van der Waals surface area contributed by atoms with E-state index in [0.29, 0.717) is 12.0 Å². The van der Waals surface area contributed by atoms with Crippen molar-refractivity contribution < 1.29 is 32.4 Å². The lowest BCUT2D eigenvalue weighted by Crippen LogP contribution is -2.34. The van der Waals surface area contributed by atoms with Gasteiger partial charge >= 0.3 is 15.5 Å². The lowest BCUT2D eigenvalue weighted by atomic mass is 10.3. The average molecular weight is 304 g/mol. The summed E-state index contributed by atoms with van der Waals surface area (Å²) in [6, 6.07) is 0. The first-order valence-corrected chi connectivity index (χ1v) is 7.46. The van der Waals surface area contributed by atoms with E-state index in [0.717, 1.165) is 0 Å². The van der Waals surface area contributed by atoms with Crippen LogP contribution >= 0.6 is 0 Å². The van der Waals surface area contributed by atoms with Crippen molar-refractivity contribution in [3.63, 3.8) is 0 Å². The lowest BCUT2D eigenvalue weighted by Gasteiger charge is -2.19. The molecule has 8 heteroatoms. The van der Waals surface area contributed by atoms with Crippen molar-refractivity contribution in [2.45, 2.75) is 40.2 Å². The van der Waals surface area contributed by atoms with E-state index in [1.54, 1.807) is 13.8 Å². The van der Waals surface area contributed by atoms with E-state index in [2.05, 4.69) is 6.58 Å². The molecule has 0 aliphatic carbocycles. The van der Waals surface area contributed by atoms with Gasteiger partial charge in [-0.25, -0.2) is 4.79 Å².